The highest BCUT2D eigenvalue weighted by atomic mass is 35.5. The van der Waals surface area contributed by atoms with Gasteiger partial charge in [0.2, 0.25) is 11.8 Å². The molecule has 0 spiro atoms. The maximum Gasteiger partial charge on any atom is 0.419 e. The van der Waals surface area contributed by atoms with Crippen LogP contribution in [0.4, 0.5) is 13.2 Å². The molecule has 0 heterocycles. The fraction of sp³-hybridized carbons (Fsp3) is 0.467. The lowest BCUT2D eigenvalue weighted by Crippen LogP contribution is -2.42. The smallest absolute Gasteiger partial charge is 0.419 e. The minimum Gasteiger partial charge on any atom is -0.488 e. The predicted octanol–water partition coefficient (Wildman–Crippen LogP) is 1.48. The molecule has 1 unspecified atom stereocenters. The van der Waals surface area contributed by atoms with Crippen molar-refractivity contribution in [3.8, 4) is 5.75 Å². The minimum atomic E-state index is -4.52. The van der Waals surface area contributed by atoms with E-state index in [4.69, 9.17) is 10.5 Å². The largest absolute Gasteiger partial charge is 0.488 e. The van der Waals surface area contributed by atoms with Crippen LogP contribution in [0.1, 0.15) is 18.9 Å². The van der Waals surface area contributed by atoms with Crippen LogP contribution in [0.3, 0.4) is 0 Å². The van der Waals surface area contributed by atoms with E-state index in [1.54, 1.807) is 6.92 Å². The molecule has 0 radical (unpaired) electrons. The van der Waals surface area contributed by atoms with Crippen molar-refractivity contribution < 1.29 is 27.5 Å². The summed E-state index contributed by atoms with van der Waals surface area (Å²) in [6, 6.07) is 4.88. The quantitative estimate of drug-likeness (QED) is 0.634. The van der Waals surface area contributed by atoms with Crippen LogP contribution in [0.25, 0.3) is 0 Å². The van der Waals surface area contributed by atoms with E-state index >= 15 is 0 Å². The van der Waals surface area contributed by atoms with Gasteiger partial charge in [-0.15, -0.1) is 12.4 Å². The molecule has 2 amide bonds. The number of halogens is 4. The molecule has 10 heteroatoms. The lowest BCUT2D eigenvalue weighted by atomic mass is 10.2. The molecule has 0 aliphatic rings. The topological polar surface area (TPSA) is 93.5 Å². The number of amides is 2. The van der Waals surface area contributed by atoms with Gasteiger partial charge >= 0.3 is 6.18 Å². The van der Waals surface area contributed by atoms with Gasteiger partial charge in [0.15, 0.2) is 0 Å². The number of hydrogen-bond acceptors (Lipinski definition) is 4. The summed E-state index contributed by atoms with van der Waals surface area (Å²) >= 11 is 0. The van der Waals surface area contributed by atoms with Crippen molar-refractivity contribution in [2.24, 2.45) is 5.73 Å². The second-order valence-electron chi connectivity index (χ2n) is 4.93. The van der Waals surface area contributed by atoms with Gasteiger partial charge in [0.05, 0.1) is 25.2 Å². The summed E-state index contributed by atoms with van der Waals surface area (Å²) in [4.78, 5) is 22.5. The molecular weight excluding hydrogens is 363 g/mol. The highest BCUT2D eigenvalue weighted by Crippen LogP contribution is 2.36. The summed E-state index contributed by atoms with van der Waals surface area (Å²) in [7, 11) is 0. The van der Waals surface area contributed by atoms with Gasteiger partial charge in [-0.25, -0.2) is 0 Å². The Morgan fingerprint density at radius 2 is 1.84 bits per heavy atom. The Labute approximate surface area is 149 Å². The van der Waals surface area contributed by atoms with Gasteiger partial charge in [0.1, 0.15) is 11.9 Å². The number of nitrogens with one attached hydrogen (secondary N) is 2. The van der Waals surface area contributed by atoms with Crippen LogP contribution < -0.4 is 21.1 Å². The molecule has 4 N–H and O–H groups in total. The molecule has 0 bridgehead atoms. The average molecular weight is 384 g/mol. The highest BCUT2D eigenvalue weighted by molar-refractivity contribution is 5.85. The summed E-state index contributed by atoms with van der Waals surface area (Å²) < 4.78 is 44.2. The Morgan fingerprint density at radius 1 is 1.20 bits per heavy atom. The Kier molecular flexibility index (Phi) is 9.92. The molecule has 0 saturated carbocycles. The Bertz CT molecular complexity index is 570. The van der Waals surface area contributed by atoms with Gasteiger partial charge in [-0.1, -0.05) is 19.1 Å². The molecule has 0 aliphatic heterocycles. The fourth-order valence-corrected chi connectivity index (χ4v) is 1.79. The normalized spacial score (nSPS) is 11.9. The third-order valence-electron chi connectivity index (χ3n) is 3.10. The molecule has 6 nitrogen and oxygen atoms in total. The van der Waals surface area contributed by atoms with E-state index in [-0.39, 0.29) is 37.8 Å². The molecular formula is C15H21ClF3N3O3. The highest BCUT2D eigenvalue weighted by Gasteiger charge is 2.34. The molecule has 0 aliphatic carbocycles. The van der Waals surface area contributed by atoms with E-state index in [9.17, 15) is 22.8 Å². The third-order valence-corrected chi connectivity index (χ3v) is 3.10. The van der Waals surface area contributed by atoms with Crippen LogP contribution in [0.15, 0.2) is 24.3 Å². The van der Waals surface area contributed by atoms with Crippen molar-refractivity contribution in [3.05, 3.63) is 29.8 Å². The molecule has 1 rings (SSSR count). The van der Waals surface area contributed by atoms with Crippen LogP contribution in [0, 0.1) is 0 Å². The minimum absolute atomic E-state index is 0. The Balaban J connectivity index is 0.00000576. The number of hydrogen-bond donors (Lipinski definition) is 3. The number of carbonyl (C=O) groups excluding carboxylic acids is 2. The third kappa shape index (κ3) is 8.08. The lowest BCUT2D eigenvalue weighted by Gasteiger charge is -2.21. The van der Waals surface area contributed by atoms with E-state index in [1.807, 2.05) is 0 Å². The fourth-order valence-electron chi connectivity index (χ4n) is 1.79. The first kappa shape index (κ1) is 23.0. The van der Waals surface area contributed by atoms with Crippen molar-refractivity contribution in [1.82, 2.24) is 10.6 Å². The van der Waals surface area contributed by atoms with Crippen molar-refractivity contribution in [1.29, 1.82) is 0 Å². The SMILES string of the molecule is CCC(CNC(=O)CNC(=O)CN)Oc1ccccc1C(F)(F)F.Cl. The number of para-hydroxylation sites is 1. The number of ether oxygens (including phenoxy) is 1. The van der Waals surface area contributed by atoms with Crippen molar-refractivity contribution in [3.63, 3.8) is 0 Å². The van der Waals surface area contributed by atoms with Crippen LogP contribution in [-0.4, -0.2) is 37.6 Å². The van der Waals surface area contributed by atoms with Crippen LogP contribution in [0.2, 0.25) is 0 Å². The van der Waals surface area contributed by atoms with Crippen molar-refractivity contribution in [2.45, 2.75) is 25.6 Å². The number of alkyl halides is 3. The van der Waals surface area contributed by atoms with Gasteiger partial charge in [0.25, 0.3) is 0 Å². The maximum atomic E-state index is 12.9. The summed E-state index contributed by atoms with van der Waals surface area (Å²) in [6.07, 6.45) is -4.77. The van der Waals surface area contributed by atoms with Gasteiger partial charge in [-0.05, 0) is 18.6 Å². The molecule has 0 aromatic heterocycles. The monoisotopic (exact) mass is 383 g/mol. The van der Waals surface area contributed by atoms with Crippen molar-refractivity contribution >= 4 is 24.2 Å². The molecule has 1 atom stereocenters. The predicted molar refractivity (Wildman–Crippen MR) is 88.5 cm³/mol. The summed E-state index contributed by atoms with van der Waals surface area (Å²) in [6.45, 7) is 1.25. The zero-order valence-electron chi connectivity index (χ0n) is 13.6. The average Bonchev–Trinajstić information content (AvgIpc) is 2.55. The number of nitrogens with two attached hydrogens (primary N) is 1. The standard InChI is InChI=1S/C15H20F3N3O3.ClH/c1-2-10(8-20-14(23)9-21-13(22)7-19)24-12-6-4-3-5-11(12)15(16,17)18;/h3-6,10H,2,7-9,19H2,1H3,(H,20,23)(H,21,22);1H. The Morgan fingerprint density at radius 3 is 2.40 bits per heavy atom. The molecule has 1 aromatic rings. The summed E-state index contributed by atoms with van der Waals surface area (Å²) in [5, 5.41) is 4.78. The zero-order valence-corrected chi connectivity index (χ0v) is 14.4. The Hall–Kier alpha value is -2.00. The van der Waals surface area contributed by atoms with E-state index in [1.165, 1.54) is 18.2 Å². The van der Waals surface area contributed by atoms with E-state index in [2.05, 4.69) is 10.6 Å². The van der Waals surface area contributed by atoms with E-state index in [0.717, 1.165) is 6.07 Å². The molecule has 0 fully saturated rings. The number of rotatable bonds is 8. The van der Waals surface area contributed by atoms with Gasteiger partial charge in [-0.2, -0.15) is 13.2 Å². The van der Waals surface area contributed by atoms with E-state index < -0.39 is 29.7 Å². The first-order valence-electron chi connectivity index (χ1n) is 7.34. The van der Waals surface area contributed by atoms with Crippen molar-refractivity contribution in [2.75, 3.05) is 19.6 Å². The first-order valence-corrected chi connectivity index (χ1v) is 7.34. The summed E-state index contributed by atoms with van der Waals surface area (Å²) in [5.41, 5.74) is 4.21. The lowest BCUT2D eigenvalue weighted by molar-refractivity contribution is -0.139. The molecule has 0 saturated heterocycles. The number of carbonyl (C=O) groups is 2. The number of benzene rings is 1. The van der Waals surface area contributed by atoms with Gasteiger partial charge in [0, 0.05) is 0 Å². The molecule has 142 valence electrons. The molecule has 1 aromatic carbocycles. The molecule has 25 heavy (non-hydrogen) atoms. The van der Waals surface area contributed by atoms with Gasteiger partial charge in [-0.3, -0.25) is 9.59 Å². The summed E-state index contributed by atoms with van der Waals surface area (Å²) in [5.74, 6) is -1.25. The van der Waals surface area contributed by atoms with Crippen LogP contribution in [-0.2, 0) is 15.8 Å². The second-order valence-corrected chi connectivity index (χ2v) is 4.93. The maximum absolute atomic E-state index is 12.9. The zero-order chi connectivity index (χ0) is 18.2. The van der Waals surface area contributed by atoms with Crippen LogP contribution >= 0.6 is 12.4 Å². The second kappa shape index (κ2) is 10.8. The van der Waals surface area contributed by atoms with Gasteiger partial charge < -0.3 is 21.1 Å². The van der Waals surface area contributed by atoms with Crippen LogP contribution in [0.5, 0.6) is 5.75 Å². The van der Waals surface area contributed by atoms with E-state index in [0.29, 0.717) is 6.42 Å². The first-order chi connectivity index (χ1) is 11.3.